The summed E-state index contributed by atoms with van der Waals surface area (Å²) < 4.78 is 38.3. The van der Waals surface area contributed by atoms with Gasteiger partial charge in [-0.1, -0.05) is 24.1 Å². The first kappa shape index (κ1) is 24.4. The third-order valence-corrected chi connectivity index (χ3v) is 7.82. The summed E-state index contributed by atoms with van der Waals surface area (Å²) in [5.74, 6) is 1.13. The van der Waals surface area contributed by atoms with Crippen LogP contribution in [-0.2, 0) is 21.2 Å². The van der Waals surface area contributed by atoms with Crippen molar-refractivity contribution in [1.29, 1.82) is 0 Å². The number of benzene rings is 2. The Morgan fingerprint density at radius 3 is 2.50 bits per heavy atom. The van der Waals surface area contributed by atoms with Crippen molar-refractivity contribution >= 4 is 27.5 Å². The molecule has 2 aromatic carbocycles. The van der Waals surface area contributed by atoms with Gasteiger partial charge in [-0.2, -0.15) is 4.31 Å². The number of ether oxygens (including phenoxy) is 2. The molecule has 174 valence electrons. The lowest BCUT2D eigenvalue weighted by Gasteiger charge is -2.34. The van der Waals surface area contributed by atoms with Crippen LogP contribution in [0.4, 0.5) is 0 Å². The molecule has 1 fully saturated rings. The summed E-state index contributed by atoms with van der Waals surface area (Å²) in [5, 5.41) is 3.39. The average molecular weight is 481 g/mol. The van der Waals surface area contributed by atoms with Crippen molar-refractivity contribution in [2.24, 2.45) is 0 Å². The summed E-state index contributed by atoms with van der Waals surface area (Å²) >= 11 is 5.90. The fraction of sp³-hybridized carbons (Fsp3) is 0.435. The van der Waals surface area contributed by atoms with Gasteiger partial charge in [-0.05, 0) is 61.2 Å². The van der Waals surface area contributed by atoms with E-state index in [2.05, 4.69) is 5.32 Å². The monoisotopic (exact) mass is 480 g/mol. The van der Waals surface area contributed by atoms with Gasteiger partial charge < -0.3 is 14.8 Å². The number of nitrogens with zero attached hydrogens (tertiary/aromatic N) is 1. The Kier molecular flexibility index (Phi) is 8.39. The lowest BCUT2D eigenvalue weighted by Crippen LogP contribution is -2.46. The van der Waals surface area contributed by atoms with E-state index in [9.17, 15) is 13.2 Å². The van der Waals surface area contributed by atoms with Crippen molar-refractivity contribution in [2.45, 2.75) is 43.0 Å². The lowest BCUT2D eigenvalue weighted by molar-refractivity contribution is -0.122. The molecule has 0 radical (unpaired) electrons. The topological polar surface area (TPSA) is 84.9 Å². The van der Waals surface area contributed by atoms with E-state index in [1.807, 2.05) is 18.2 Å². The molecule has 0 saturated carbocycles. The zero-order chi connectivity index (χ0) is 23.1. The second-order valence-electron chi connectivity index (χ2n) is 7.71. The molecule has 3 rings (SSSR count). The van der Waals surface area contributed by atoms with Crippen LogP contribution in [0.15, 0.2) is 47.4 Å². The van der Waals surface area contributed by atoms with E-state index in [0.29, 0.717) is 42.5 Å². The minimum absolute atomic E-state index is 0.138. The minimum Gasteiger partial charge on any atom is -0.493 e. The Bertz CT molecular complexity index is 1030. The van der Waals surface area contributed by atoms with Crippen LogP contribution in [0.25, 0.3) is 0 Å². The summed E-state index contributed by atoms with van der Waals surface area (Å²) in [4.78, 5) is 12.8. The van der Waals surface area contributed by atoms with E-state index >= 15 is 0 Å². The maximum Gasteiger partial charge on any atom is 0.243 e. The molecular formula is C23H29ClN2O5S. The Balaban J connectivity index is 1.59. The SMILES string of the molecule is COc1ccc(CCNC(=O)C[C@@H]2CCCCN2S(=O)(=O)c2ccc(Cl)cc2)cc1OC. The number of hydrogen-bond acceptors (Lipinski definition) is 5. The first-order valence-electron chi connectivity index (χ1n) is 10.6. The van der Waals surface area contributed by atoms with Crippen LogP contribution in [0.5, 0.6) is 11.5 Å². The lowest BCUT2D eigenvalue weighted by atomic mass is 10.0. The third kappa shape index (κ3) is 5.94. The standard InChI is InChI=1S/C23H29ClN2O5S/c1-30-21-11-6-17(15-22(21)31-2)12-13-25-23(27)16-19-5-3-4-14-26(19)32(28,29)20-9-7-18(24)8-10-20/h6-11,15,19H,3-5,12-14,16H2,1-2H3,(H,25,27)/t19-/m0/s1. The number of halogens is 1. The Morgan fingerprint density at radius 1 is 1.09 bits per heavy atom. The normalized spacial score (nSPS) is 17.0. The summed E-state index contributed by atoms with van der Waals surface area (Å²) in [7, 11) is -0.519. The van der Waals surface area contributed by atoms with Crippen LogP contribution in [0, 0.1) is 0 Å². The summed E-state index contributed by atoms with van der Waals surface area (Å²) in [6.45, 7) is 0.861. The zero-order valence-corrected chi connectivity index (χ0v) is 19.9. The van der Waals surface area contributed by atoms with Crippen molar-refractivity contribution in [2.75, 3.05) is 27.3 Å². The summed E-state index contributed by atoms with van der Waals surface area (Å²) in [5.41, 5.74) is 1.01. The number of carbonyl (C=O) groups is 1. The molecule has 0 bridgehead atoms. The second-order valence-corrected chi connectivity index (χ2v) is 10.0. The highest BCUT2D eigenvalue weighted by Crippen LogP contribution is 2.29. The number of sulfonamides is 1. The van der Waals surface area contributed by atoms with E-state index in [1.54, 1.807) is 26.4 Å². The van der Waals surface area contributed by atoms with Crippen LogP contribution >= 0.6 is 11.6 Å². The van der Waals surface area contributed by atoms with Gasteiger partial charge in [-0.15, -0.1) is 0 Å². The zero-order valence-electron chi connectivity index (χ0n) is 18.3. The Labute approximate surface area is 194 Å². The number of hydrogen-bond donors (Lipinski definition) is 1. The first-order chi connectivity index (χ1) is 15.3. The van der Waals surface area contributed by atoms with Crippen molar-refractivity contribution < 1.29 is 22.7 Å². The molecule has 1 heterocycles. The highest BCUT2D eigenvalue weighted by atomic mass is 35.5. The molecule has 1 N–H and O–H groups in total. The maximum atomic E-state index is 13.1. The molecule has 1 aliphatic heterocycles. The van der Waals surface area contributed by atoms with Crippen LogP contribution in [0.1, 0.15) is 31.2 Å². The molecule has 32 heavy (non-hydrogen) atoms. The fourth-order valence-electron chi connectivity index (χ4n) is 3.91. The molecule has 0 aliphatic carbocycles. The van der Waals surface area contributed by atoms with Crippen molar-refractivity contribution in [3.05, 3.63) is 53.1 Å². The molecule has 1 atom stereocenters. The molecule has 9 heteroatoms. The van der Waals surface area contributed by atoms with Gasteiger partial charge in [-0.25, -0.2) is 8.42 Å². The molecule has 2 aromatic rings. The number of piperidine rings is 1. The highest BCUT2D eigenvalue weighted by molar-refractivity contribution is 7.89. The summed E-state index contributed by atoms with van der Waals surface area (Å²) in [6.07, 6.45) is 3.11. The van der Waals surface area contributed by atoms with Crippen LogP contribution in [0.3, 0.4) is 0 Å². The van der Waals surface area contributed by atoms with E-state index in [0.717, 1.165) is 18.4 Å². The second kappa shape index (κ2) is 11.0. The van der Waals surface area contributed by atoms with E-state index in [1.165, 1.54) is 16.4 Å². The molecule has 0 unspecified atom stereocenters. The van der Waals surface area contributed by atoms with Gasteiger partial charge in [0.1, 0.15) is 0 Å². The van der Waals surface area contributed by atoms with Gasteiger partial charge >= 0.3 is 0 Å². The fourth-order valence-corrected chi connectivity index (χ4v) is 5.72. The number of carbonyl (C=O) groups excluding carboxylic acids is 1. The van der Waals surface area contributed by atoms with Crippen LogP contribution in [-0.4, -0.2) is 52.0 Å². The predicted octanol–water partition coefficient (Wildman–Crippen LogP) is 3.65. The quantitative estimate of drug-likeness (QED) is 0.592. The largest absolute Gasteiger partial charge is 0.493 e. The minimum atomic E-state index is -3.68. The summed E-state index contributed by atoms with van der Waals surface area (Å²) in [6, 6.07) is 11.4. The number of rotatable bonds is 9. The molecule has 1 amide bonds. The van der Waals surface area contributed by atoms with Crippen molar-refractivity contribution in [3.8, 4) is 11.5 Å². The van der Waals surface area contributed by atoms with Gasteiger partial charge in [0.2, 0.25) is 15.9 Å². The first-order valence-corrected chi connectivity index (χ1v) is 12.4. The van der Waals surface area contributed by atoms with E-state index < -0.39 is 10.0 Å². The number of methoxy groups -OCH3 is 2. The molecule has 7 nitrogen and oxygen atoms in total. The molecule has 1 saturated heterocycles. The van der Waals surface area contributed by atoms with Crippen LogP contribution < -0.4 is 14.8 Å². The molecule has 0 spiro atoms. The molecular weight excluding hydrogens is 452 g/mol. The number of amides is 1. The smallest absolute Gasteiger partial charge is 0.243 e. The van der Waals surface area contributed by atoms with Crippen molar-refractivity contribution in [3.63, 3.8) is 0 Å². The number of nitrogens with one attached hydrogen (secondary N) is 1. The highest BCUT2D eigenvalue weighted by Gasteiger charge is 2.34. The van der Waals surface area contributed by atoms with Gasteiger partial charge in [0.15, 0.2) is 11.5 Å². The molecule has 1 aliphatic rings. The van der Waals surface area contributed by atoms with Gasteiger partial charge in [0, 0.05) is 30.6 Å². The van der Waals surface area contributed by atoms with Gasteiger partial charge in [0.25, 0.3) is 0 Å². The van der Waals surface area contributed by atoms with Crippen LogP contribution in [0.2, 0.25) is 5.02 Å². The third-order valence-electron chi connectivity index (χ3n) is 5.60. The van der Waals surface area contributed by atoms with E-state index in [4.69, 9.17) is 21.1 Å². The Morgan fingerprint density at radius 2 is 1.81 bits per heavy atom. The van der Waals surface area contributed by atoms with Crippen molar-refractivity contribution in [1.82, 2.24) is 9.62 Å². The van der Waals surface area contributed by atoms with E-state index in [-0.39, 0.29) is 23.3 Å². The Hall–Kier alpha value is -2.29. The van der Waals surface area contributed by atoms with Gasteiger partial charge in [0.05, 0.1) is 19.1 Å². The van der Waals surface area contributed by atoms with Gasteiger partial charge in [-0.3, -0.25) is 4.79 Å². The predicted molar refractivity (Wildman–Crippen MR) is 124 cm³/mol. The molecule has 0 aromatic heterocycles. The maximum absolute atomic E-state index is 13.1. The average Bonchev–Trinajstić information content (AvgIpc) is 2.79.